The number of carbonyl (C=O) groups is 1. The molecular weight excluding hydrogens is 140 g/mol. The molecule has 0 aliphatic heterocycles. The van der Waals surface area contributed by atoms with Crippen molar-refractivity contribution in [2.24, 2.45) is 0 Å². The molecule has 0 saturated heterocycles. The molecular formula is C8H20N2O. The normalized spacial score (nSPS) is 17.7. The molecule has 1 fully saturated rings. The zero-order chi connectivity index (χ0) is 8.27. The minimum absolute atomic E-state index is 0. The largest absolute Gasteiger partial charge is 0.336 e. The highest BCUT2D eigenvalue weighted by atomic mass is 16.2. The molecule has 0 aromatic carbocycles. The summed E-state index contributed by atoms with van der Waals surface area (Å²) in [7, 11) is 0. The van der Waals surface area contributed by atoms with Crippen LogP contribution < -0.4 is 10.6 Å². The van der Waals surface area contributed by atoms with Gasteiger partial charge < -0.3 is 10.6 Å². The predicted molar refractivity (Wildman–Crippen MR) is 48.7 cm³/mol. The van der Waals surface area contributed by atoms with E-state index < -0.39 is 0 Å². The maximum absolute atomic E-state index is 11.0. The summed E-state index contributed by atoms with van der Waals surface area (Å²) in [4.78, 5) is 11.0. The van der Waals surface area contributed by atoms with E-state index in [1.807, 2.05) is 13.8 Å². The van der Waals surface area contributed by atoms with E-state index in [4.69, 9.17) is 0 Å². The highest BCUT2D eigenvalue weighted by Gasteiger charge is 2.19. The Kier molecular flexibility index (Phi) is 2.74. The van der Waals surface area contributed by atoms with Crippen molar-refractivity contribution < 1.29 is 7.65 Å². The summed E-state index contributed by atoms with van der Waals surface area (Å²) >= 11 is 0. The first kappa shape index (κ1) is 8.37. The molecule has 11 heavy (non-hydrogen) atoms. The molecule has 68 valence electrons. The van der Waals surface area contributed by atoms with Gasteiger partial charge in [-0.3, -0.25) is 0 Å². The van der Waals surface area contributed by atoms with Crippen molar-refractivity contribution in [2.75, 3.05) is 0 Å². The highest BCUT2D eigenvalue weighted by molar-refractivity contribution is 5.74. The molecule has 0 spiro atoms. The Morgan fingerprint density at radius 3 is 2.55 bits per heavy atom. The van der Waals surface area contributed by atoms with Crippen LogP contribution in [-0.2, 0) is 0 Å². The van der Waals surface area contributed by atoms with Crippen LogP contribution >= 0.6 is 0 Å². The van der Waals surface area contributed by atoms with Gasteiger partial charge in [-0.2, -0.15) is 0 Å². The van der Waals surface area contributed by atoms with E-state index in [1.165, 1.54) is 6.42 Å². The second-order valence-corrected chi connectivity index (χ2v) is 3.40. The molecule has 3 nitrogen and oxygen atoms in total. The molecule has 0 atom stereocenters. The number of amides is 2. The Bertz CT molecular complexity index is 149. The van der Waals surface area contributed by atoms with Crippen LogP contribution in [0.3, 0.4) is 0 Å². The Labute approximate surface area is 70.5 Å². The van der Waals surface area contributed by atoms with Gasteiger partial charge in [-0.1, -0.05) is 0 Å². The van der Waals surface area contributed by atoms with E-state index in [0.717, 1.165) is 12.8 Å². The van der Waals surface area contributed by atoms with Crippen LogP contribution in [0.2, 0.25) is 0 Å². The third kappa shape index (κ3) is 2.78. The number of urea groups is 1. The molecule has 1 aliphatic carbocycles. The lowest BCUT2D eigenvalue weighted by Gasteiger charge is -2.26. The standard InChI is InChI=1S/C8H16N2O.2H2/c1-6(2)9-8(11)10-7-4-3-5-7;;/h6-7H,3-5H2,1-2H3,(H2,9,10,11);2*1H. The van der Waals surface area contributed by atoms with Gasteiger partial charge >= 0.3 is 6.03 Å². The zero-order valence-electron chi connectivity index (χ0n) is 7.18. The summed E-state index contributed by atoms with van der Waals surface area (Å²) in [5.41, 5.74) is 0. The van der Waals surface area contributed by atoms with Crippen LogP contribution in [0, 0.1) is 0 Å². The van der Waals surface area contributed by atoms with Crippen molar-refractivity contribution in [3.05, 3.63) is 0 Å². The lowest BCUT2D eigenvalue weighted by Crippen LogP contribution is -2.47. The highest BCUT2D eigenvalue weighted by Crippen LogP contribution is 2.17. The maximum atomic E-state index is 11.0. The van der Waals surface area contributed by atoms with Gasteiger partial charge in [0.05, 0.1) is 0 Å². The minimum atomic E-state index is -0.0234. The van der Waals surface area contributed by atoms with Crippen LogP contribution in [0.4, 0.5) is 4.79 Å². The van der Waals surface area contributed by atoms with E-state index in [0.29, 0.717) is 6.04 Å². The molecule has 0 heterocycles. The lowest BCUT2D eigenvalue weighted by molar-refractivity contribution is 0.226. The van der Waals surface area contributed by atoms with Gasteiger partial charge in [0.1, 0.15) is 0 Å². The van der Waals surface area contributed by atoms with Gasteiger partial charge in [0.2, 0.25) is 0 Å². The summed E-state index contributed by atoms with van der Waals surface area (Å²) in [5.74, 6) is 0. The van der Waals surface area contributed by atoms with E-state index in [1.54, 1.807) is 0 Å². The second-order valence-electron chi connectivity index (χ2n) is 3.40. The fourth-order valence-corrected chi connectivity index (χ4v) is 1.04. The summed E-state index contributed by atoms with van der Waals surface area (Å²) in [6.45, 7) is 3.92. The third-order valence-corrected chi connectivity index (χ3v) is 1.86. The Hall–Kier alpha value is -0.730. The summed E-state index contributed by atoms with van der Waals surface area (Å²) in [6, 6.07) is 0.647. The van der Waals surface area contributed by atoms with Crippen molar-refractivity contribution in [3.8, 4) is 0 Å². The average Bonchev–Trinajstić information content (AvgIpc) is 1.77. The Balaban J connectivity index is 0. The first-order valence-corrected chi connectivity index (χ1v) is 4.25. The van der Waals surface area contributed by atoms with E-state index in [2.05, 4.69) is 10.6 Å². The summed E-state index contributed by atoms with van der Waals surface area (Å²) in [6.07, 6.45) is 3.55. The second kappa shape index (κ2) is 3.60. The summed E-state index contributed by atoms with van der Waals surface area (Å²) < 4.78 is 0. The van der Waals surface area contributed by atoms with Crippen molar-refractivity contribution >= 4 is 6.03 Å². The van der Waals surface area contributed by atoms with Crippen LogP contribution in [0.25, 0.3) is 0 Å². The van der Waals surface area contributed by atoms with E-state index in [9.17, 15) is 4.79 Å². The lowest BCUT2D eigenvalue weighted by atomic mass is 9.93. The Morgan fingerprint density at radius 1 is 1.55 bits per heavy atom. The van der Waals surface area contributed by atoms with Crippen LogP contribution in [0.5, 0.6) is 0 Å². The van der Waals surface area contributed by atoms with Gasteiger partial charge in [-0.15, -0.1) is 0 Å². The first-order valence-electron chi connectivity index (χ1n) is 4.25. The topological polar surface area (TPSA) is 41.1 Å². The van der Waals surface area contributed by atoms with Gasteiger partial charge in [-0.05, 0) is 33.1 Å². The van der Waals surface area contributed by atoms with Crippen molar-refractivity contribution in [3.63, 3.8) is 0 Å². The average molecular weight is 160 g/mol. The quantitative estimate of drug-likeness (QED) is 0.634. The molecule has 0 unspecified atom stereocenters. The first-order chi connectivity index (χ1) is 5.18. The Morgan fingerprint density at radius 2 is 2.18 bits per heavy atom. The number of hydrogen-bond donors (Lipinski definition) is 2. The third-order valence-electron chi connectivity index (χ3n) is 1.86. The van der Waals surface area contributed by atoms with E-state index in [-0.39, 0.29) is 14.9 Å². The monoisotopic (exact) mass is 160 g/mol. The SMILES string of the molecule is CC(C)NC(=O)NC1CCC1.[HH].[HH]. The fraction of sp³-hybridized carbons (Fsp3) is 0.875. The van der Waals surface area contributed by atoms with Gasteiger partial charge in [0.25, 0.3) is 0 Å². The molecule has 0 bridgehead atoms. The molecule has 1 rings (SSSR count). The minimum Gasteiger partial charge on any atom is -0.336 e. The van der Waals surface area contributed by atoms with E-state index >= 15 is 0 Å². The molecule has 0 aromatic rings. The number of carbonyl (C=O) groups excluding carboxylic acids is 1. The van der Waals surface area contributed by atoms with Crippen molar-refractivity contribution in [1.29, 1.82) is 0 Å². The number of hydrogen-bond acceptors (Lipinski definition) is 1. The van der Waals surface area contributed by atoms with Crippen molar-refractivity contribution in [1.82, 2.24) is 10.6 Å². The smallest absolute Gasteiger partial charge is 0.315 e. The molecule has 2 amide bonds. The van der Waals surface area contributed by atoms with Crippen LogP contribution in [0.1, 0.15) is 36.0 Å². The van der Waals surface area contributed by atoms with Gasteiger partial charge in [0, 0.05) is 14.9 Å². The molecule has 3 heteroatoms. The van der Waals surface area contributed by atoms with Crippen molar-refractivity contribution in [2.45, 2.75) is 45.2 Å². The molecule has 0 aromatic heterocycles. The van der Waals surface area contributed by atoms with Crippen LogP contribution in [-0.4, -0.2) is 18.1 Å². The van der Waals surface area contributed by atoms with Crippen LogP contribution in [0.15, 0.2) is 0 Å². The number of rotatable bonds is 2. The molecule has 1 aliphatic rings. The van der Waals surface area contributed by atoms with Gasteiger partial charge in [0.15, 0.2) is 0 Å². The predicted octanol–water partition coefficient (Wildman–Crippen LogP) is 1.74. The maximum Gasteiger partial charge on any atom is 0.315 e. The molecule has 0 radical (unpaired) electrons. The molecule has 2 N–H and O–H groups in total. The number of nitrogens with one attached hydrogen (secondary N) is 2. The summed E-state index contributed by atoms with van der Waals surface area (Å²) in [5, 5.41) is 5.69. The molecule has 1 saturated carbocycles. The van der Waals surface area contributed by atoms with Gasteiger partial charge in [-0.25, -0.2) is 4.79 Å². The fourth-order valence-electron chi connectivity index (χ4n) is 1.04. The zero-order valence-corrected chi connectivity index (χ0v) is 7.18.